The molecule has 0 heterocycles. The van der Waals surface area contributed by atoms with Crippen LogP contribution in [0.3, 0.4) is 0 Å². The van der Waals surface area contributed by atoms with Gasteiger partial charge in [-0.1, -0.05) is 46.9 Å². The number of rotatable bonds is 8. The van der Waals surface area contributed by atoms with Gasteiger partial charge in [0.2, 0.25) is 12.2 Å². The van der Waals surface area contributed by atoms with Crippen molar-refractivity contribution >= 4 is 64.3 Å². The number of carboxylic acids is 1. The lowest BCUT2D eigenvalue weighted by atomic mass is 10.1. The Morgan fingerprint density at radius 2 is 1.14 bits per heavy atom. The van der Waals surface area contributed by atoms with E-state index in [1.165, 1.54) is 60.7 Å². The van der Waals surface area contributed by atoms with Gasteiger partial charge in [0.05, 0.1) is 21.8 Å². The Morgan fingerprint density at radius 3 is 1.60 bits per heavy atom. The van der Waals surface area contributed by atoms with Crippen molar-refractivity contribution in [3.8, 4) is 0 Å². The second kappa shape index (κ2) is 11.7. The standard InChI is InChI=1S/C24H16Cl3NO7/c25-15-9-5-13(6-10-15)23(32)34-19(21(29)28-18-4-2-1-3-17(18)27)20(22(30)31)35-24(33)14-7-11-16(26)12-8-14/h1-12,19-20H,(H,28,29)(H,30,31)/t19-,20+/m1/s1. The lowest BCUT2D eigenvalue weighted by Gasteiger charge is -2.23. The zero-order valence-corrected chi connectivity index (χ0v) is 19.9. The van der Waals surface area contributed by atoms with Crippen LogP contribution in [0, 0.1) is 0 Å². The van der Waals surface area contributed by atoms with Crippen molar-refractivity contribution < 1.29 is 33.8 Å². The minimum absolute atomic E-state index is 0.0156. The van der Waals surface area contributed by atoms with Gasteiger partial charge in [-0.15, -0.1) is 0 Å². The number of amides is 1. The van der Waals surface area contributed by atoms with E-state index >= 15 is 0 Å². The molecule has 0 saturated carbocycles. The van der Waals surface area contributed by atoms with E-state index in [1.807, 2.05) is 0 Å². The number of nitrogens with one attached hydrogen (secondary N) is 1. The molecule has 2 atom stereocenters. The summed E-state index contributed by atoms with van der Waals surface area (Å²) in [5.74, 6) is -4.94. The number of halogens is 3. The van der Waals surface area contributed by atoms with Gasteiger partial charge in [0, 0.05) is 10.0 Å². The van der Waals surface area contributed by atoms with Crippen molar-refractivity contribution in [1.82, 2.24) is 0 Å². The molecule has 3 aromatic carbocycles. The normalized spacial score (nSPS) is 12.2. The lowest BCUT2D eigenvalue weighted by molar-refractivity contribution is -0.157. The van der Waals surface area contributed by atoms with Crippen LogP contribution >= 0.6 is 34.8 Å². The van der Waals surface area contributed by atoms with Gasteiger partial charge in [0.15, 0.2) is 0 Å². The van der Waals surface area contributed by atoms with Gasteiger partial charge in [-0.05, 0) is 60.7 Å². The van der Waals surface area contributed by atoms with E-state index in [2.05, 4.69) is 5.32 Å². The number of carbonyl (C=O) groups excluding carboxylic acids is 3. The van der Waals surface area contributed by atoms with Crippen LogP contribution in [0.2, 0.25) is 15.1 Å². The van der Waals surface area contributed by atoms with Crippen molar-refractivity contribution in [2.24, 2.45) is 0 Å². The predicted molar refractivity (Wildman–Crippen MR) is 129 cm³/mol. The number of ether oxygens (including phenoxy) is 2. The van der Waals surface area contributed by atoms with Crippen LogP contribution in [-0.4, -0.2) is 41.1 Å². The third-order valence-electron chi connectivity index (χ3n) is 4.54. The van der Waals surface area contributed by atoms with Gasteiger partial charge in [-0.25, -0.2) is 14.4 Å². The summed E-state index contributed by atoms with van der Waals surface area (Å²) in [6, 6.07) is 17.0. The highest BCUT2D eigenvalue weighted by Crippen LogP contribution is 2.22. The van der Waals surface area contributed by atoms with Crippen LogP contribution in [0.4, 0.5) is 5.69 Å². The zero-order valence-electron chi connectivity index (χ0n) is 17.6. The van der Waals surface area contributed by atoms with E-state index in [9.17, 15) is 24.3 Å². The number of hydrogen-bond donors (Lipinski definition) is 2. The Hall–Kier alpha value is -3.59. The molecule has 3 rings (SSSR count). The minimum atomic E-state index is -2.20. The van der Waals surface area contributed by atoms with Gasteiger partial charge in [-0.2, -0.15) is 0 Å². The molecule has 0 aromatic heterocycles. The molecule has 0 aliphatic heterocycles. The minimum Gasteiger partial charge on any atom is -0.478 e. The number of carbonyl (C=O) groups is 4. The van der Waals surface area contributed by atoms with Crippen molar-refractivity contribution in [2.75, 3.05) is 5.32 Å². The molecule has 0 aliphatic rings. The number of para-hydroxylation sites is 1. The molecule has 180 valence electrons. The maximum absolute atomic E-state index is 13.1. The molecule has 2 N–H and O–H groups in total. The van der Waals surface area contributed by atoms with Crippen molar-refractivity contribution in [3.63, 3.8) is 0 Å². The summed E-state index contributed by atoms with van der Waals surface area (Å²) in [6.07, 6.45) is -4.28. The van der Waals surface area contributed by atoms with Crippen LogP contribution in [0.1, 0.15) is 20.7 Å². The second-order valence-electron chi connectivity index (χ2n) is 6.97. The molecular formula is C24H16Cl3NO7. The summed E-state index contributed by atoms with van der Waals surface area (Å²) in [7, 11) is 0. The van der Waals surface area contributed by atoms with Crippen LogP contribution in [0.5, 0.6) is 0 Å². The van der Waals surface area contributed by atoms with Crippen LogP contribution in [0.25, 0.3) is 0 Å². The van der Waals surface area contributed by atoms with E-state index in [0.29, 0.717) is 10.0 Å². The molecule has 11 heteroatoms. The third kappa shape index (κ3) is 6.95. The molecule has 0 spiro atoms. The Kier molecular flexibility index (Phi) is 8.70. The van der Waals surface area contributed by atoms with Crippen molar-refractivity contribution in [3.05, 3.63) is 99.0 Å². The molecule has 0 aliphatic carbocycles. The molecule has 0 fully saturated rings. The fourth-order valence-electron chi connectivity index (χ4n) is 2.80. The van der Waals surface area contributed by atoms with E-state index in [1.54, 1.807) is 12.1 Å². The maximum Gasteiger partial charge on any atom is 0.349 e. The quantitative estimate of drug-likeness (QED) is 0.383. The summed E-state index contributed by atoms with van der Waals surface area (Å²) >= 11 is 17.7. The summed E-state index contributed by atoms with van der Waals surface area (Å²) in [5.41, 5.74) is 0.0768. The Bertz CT molecular complexity index is 1250. The summed E-state index contributed by atoms with van der Waals surface area (Å²) < 4.78 is 10.3. The summed E-state index contributed by atoms with van der Waals surface area (Å²) in [5, 5.41) is 13.0. The Balaban J connectivity index is 1.91. The summed E-state index contributed by atoms with van der Waals surface area (Å²) in [4.78, 5) is 50.3. The first-order valence-corrected chi connectivity index (χ1v) is 11.0. The third-order valence-corrected chi connectivity index (χ3v) is 5.37. The lowest BCUT2D eigenvalue weighted by Crippen LogP contribution is -2.48. The number of anilines is 1. The van der Waals surface area contributed by atoms with Crippen LogP contribution < -0.4 is 5.32 Å². The number of aliphatic carboxylic acids is 1. The number of hydrogen-bond acceptors (Lipinski definition) is 6. The Labute approximate surface area is 214 Å². The van der Waals surface area contributed by atoms with E-state index in [-0.39, 0.29) is 21.8 Å². The highest BCUT2D eigenvalue weighted by atomic mass is 35.5. The fraction of sp³-hybridized carbons (Fsp3) is 0.0833. The van der Waals surface area contributed by atoms with Crippen molar-refractivity contribution in [1.29, 1.82) is 0 Å². The first-order chi connectivity index (χ1) is 16.7. The number of esters is 2. The smallest absolute Gasteiger partial charge is 0.349 e. The van der Waals surface area contributed by atoms with Crippen molar-refractivity contribution in [2.45, 2.75) is 12.2 Å². The molecular weight excluding hydrogens is 521 g/mol. The molecule has 35 heavy (non-hydrogen) atoms. The first-order valence-electron chi connectivity index (χ1n) is 9.87. The van der Waals surface area contributed by atoms with E-state index in [0.717, 1.165) is 0 Å². The molecule has 8 nitrogen and oxygen atoms in total. The van der Waals surface area contributed by atoms with E-state index in [4.69, 9.17) is 44.3 Å². The van der Waals surface area contributed by atoms with Crippen LogP contribution in [0.15, 0.2) is 72.8 Å². The molecule has 0 bridgehead atoms. The molecule has 1 amide bonds. The zero-order chi connectivity index (χ0) is 25.5. The van der Waals surface area contributed by atoms with Gasteiger partial charge in [-0.3, -0.25) is 4.79 Å². The van der Waals surface area contributed by atoms with Crippen LogP contribution in [-0.2, 0) is 19.1 Å². The van der Waals surface area contributed by atoms with Gasteiger partial charge < -0.3 is 19.9 Å². The predicted octanol–water partition coefficient (Wildman–Crippen LogP) is 5.12. The largest absolute Gasteiger partial charge is 0.478 e. The average Bonchev–Trinajstić information content (AvgIpc) is 2.83. The molecule has 0 radical (unpaired) electrons. The maximum atomic E-state index is 13.1. The van der Waals surface area contributed by atoms with Gasteiger partial charge in [0.1, 0.15) is 0 Å². The number of benzene rings is 3. The monoisotopic (exact) mass is 535 g/mol. The molecule has 0 unspecified atom stereocenters. The molecule has 3 aromatic rings. The first kappa shape index (κ1) is 26.0. The van der Waals surface area contributed by atoms with Gasteiger partial charge in [0.25, 0.3) is 5.91 Å². The SMILES string of the molecule is O=C(O[C@H](C(=O)O)[C@@H](OC(=O)c1ccc(Cl)cc1)C(=O)Nc1ccccc1Cl)c1ccc(Cl)cc1. The topological polar surface area (TPSA) is 119 Å². The fourth-order valence-corrected chi connectivity index (χ4v) is 3.23. The summed E-state index contributed by atoms with van der Waals surface area (Å²) in [6.45, 7) is 0. The molecule has 0 saturated heterocycles. The highest BCUT2D eigenvalue weighted by Gasteiger charge is 2.41. The Morgan fingerprint density at radius 1 is 0.686 bits per heavy atom. The van der Waals surface area contributed by atoms with E-state index < -0.39 is 36.0 Å². The van der Waals surface area contributed by atoms with Gasteiger partial charge >= 0.3 is 17.9 Å². The average molecular weight is 537 g/mol. The second-order valence-corrected chi connectivity index (χ2v) is 8.25. The highest BCUT2D eigenvalue weighted by molar-refractivity contribution is 6.33. The number of carboxylic acid groups (broad SMARTS) is 1.